The predicted octanol–water partition coefficient (Wildman–Crippen LogP) is 2.37. The number of imidazole rings is 1. The molecule has 108 valence electrons. The Balaban J connectivity index is 1.81. The molecule has 4 nitrogen and oxygen atoms in total. The molecule has 1 saturated heterocycles. The lowest BCUT2D eigenvalue weighted by atomic mass is 9.96. The van der Waals surface area contributed by atoms with Gasteiger partial charge >= 0.3 is 5.69 Å². The number of hydrogen-bond acceptors (Lipinski definition) is 2. The van der Waals surface area contributed by atoms with Gasteiger partial charge in [-0.1, -0.05) is 13.0 Å². The third-order valence-electron chi connectivity index (χ3n) is 4.52. The molecule has 20 heavy (non-hydrogen) atoms. The molecule has 0 saturated carbocycles. The van der Waals surface area contributed by atoms with E-state index >= 15 is 0 Å². The third kappa shape index (κ3) is 2.52. The number of likely N-dealkylation sites (tertiary alicyclic amines) is 1. The number of aromatic amines is 1. The number of benzene rings is 1. The van der Waals surface area contributed by atoms with E-state index in [1.807, 2.05) is 10.6 Å². The average Bonchev–Trinajstić information content (AvgIpc) is 2.75. The van der Waals surface area contributed by atoms with Crippen molar-refractivity contribution >= 4 is 11.0 Å². The second-order valence-corrected chi connectivity index (χ2v) is 5.94. The smallest absolute Gasteiger partial charge is 0.306 e. The van der Waals surface area contributed by atoms with Gasteiger partial charge in [-0.2, -0.15) is 0 Å². The van der Waals surface area contributed by atoms with E-state index in [2.05, 4.69) is 35.9 Å². The number of piperidine rings is 1. The molecule has 0 bridgehead atoms. The second-order valence-electron chi connectivity index (χ2n) is 5.94. The van der Waals surface area contributed by atoms with E-state index in [0.717, 1.165) is 37.2 Å². The Labute approximate surface area is 119 Å². The van der Waals surface area contributed by atoms with Gasteiger partial charge in [0.15, 0.2) is 0 Å². The Morgan fingerprint density at radius 1 is 1.30 bits per heavy atom. The zero-order valence-electron chi connectivity index (χ0n) is 12.4. The third-order valence-corrected chi connectivity index (χ3v) is 4.52. The molecule has 2 aromatic rings. The lowest BCUT2D eigenvalue weighted by Crippen LogP contribution is -2.35. The van der Waals surface area contributed by atoms with Gasteiger partial charge in [0.1, 0.15) is 0 Å². The molecule has 0 atom stereocenters. The van der Waals surface area contributed by atoms with Crippen molar-refractivity contribution in [2.45, 2.75) is 33.2 Å². The summed E-state index contributed by atoms with van der Waals surface area (Å²) < 4.78 is 1.92. The summed E-state index contributed by atoms with van der Waals surface area (Å²) in [6.45, 7) is 8.58. The highest BCUT2D eigenvalue weighted by molar-refractivity contribution is 5.75. The number of aryl methyl sites for hydroxylation is 1. The van der Waals surface area contributed by atoms with Crippen molar-refractivity contribution in [3.8, 4) is 0 Å². The van der Waals surface area contributed by atoms with Crippen LogP contribution in [0.5, 0.6) is 0 Å². The van der Waals surface area contributed by atoms with Gasteiger partial charge in [-0.15, -0.1) is 0 Å². The maximum absolute atomic E-state index is 12.1. The van der Waals surface area contributed by atoms with Crippen molar-refractivity contribution in [2.75, 3.05) is 19.6 Å². The summed E-state index contributed by atoms with van der Waals surface area (Å²) >= 11 is 0. The summed E-state index contributed by atoms with van der Waals surface area (Å²) in [5.41, 5.74) is 3.21. The lowest BCUT2D eigenvalue weighted by molar-refractivity contribution is 0.181. The second kappa shape index (κ2) is 5.44. The highest BCUT2D eigenvalue weighted by atomic mass is 16.1. The van der Waals surface area contributed by atoms with Crippen molar-refractivity contribution in [2.24, 2.45) is 5.92 Å². The van der Waals surface area contributed by atoms with Crippen molar-refractivity contribution in [1.29, 1.82) is 0 Å². The van der Waals surface area contributed by atoms with Gasteiger partial charge in [-0.05, 0) is 63.0 Å². The molecular weight excluding hydrogens is 250 g/mol. The largest absolute Gasteiger partial charge is 0.326 e. The van der Waals surface area contributed by atoms with Crippen LogP contribution in [0.2, 0.25) is 0 Å². The van der Waals surface area contributed by atoms with Crippen molar-refractivity contribution < 1.29 is 0 Å². The molecule has 3 rings (SSSR count). The van der Waals surface area contributed by atoms with E-state index in [9.17, 15) is 4.79 Å². The minimum absolute atomic E-state index is 0.0310. The number of fused-ring (bicyclic) bond motifs is 1. The number of H-pyrrole nitrogens is 1. The van der Waals surface area contributed by atoms with Crippen molar-refractivity contribution in [3.63, 3.8) is 0 Å². The first-order valence-electron chi connectivity index (χ1n) is 7.59. The van der Waals surface area contributed by atoms with E-state index in [-0.39, 0.29) is 5.69 Å². The summed E-state index contributed by atoms with van der Waals surface area (Å²) in [5.74, 6) is 0.621. The Morgan fingerprint density at radius 2 is 2.05 bits per heavy atom. The van der Waals surface area contributed by atoms with Crippen molar-refractivity contribution in [1.82, 2.24) is 14.5 Å². The minimum Gasteiger partial charge on any atom is -0.306 e. The van der Waals surface area contributed by atoms with Gasteiger partial charge in [0, 0.05) is 6.54 Å². The normalized spacial score (nSPS) is 17.9. The molecule has 1 fully saturated rings. The van der Waals surface area contributed by atoms with Crippen LogP contribution in [0.4, 0.5) is 0 Å². The van der Waals surface area contributed by atoms with Crippen LogP contribution in [0.3, 0.4) is 0 Å². The monoisotopic (exact) mass is 273 g/mol. The number of hydrogen-bond donors (Lipinski definition) is 1. The highest BCUT2D eigenvalue weighted by Gasteiger charge is 2.20. The Hall–Kier alpha value is -1.55. The van der Waals surface area contributed by atoms with Crippen LogP contribution < -0.4 is 5.69 Å². The summed E-state index contributed by atoms with van der Waals surface area (Å²) in [6, 6.07) is 6.18. The molecule has 2 heterocycles. The summed E-state index contributed by atoms with van der Waals surface area (Å²) in [5, 5.41) is 0. The fourth-order valence-electron chi connectivity index (χ4n) is 3.20. The van der Waals surface area contributed by atoms with E-state index < -0.39 is 0 Å². The van der Waals surface area contributed by atoms with Crippen LogP contribution in [0, 0.1) is 12.8 Å². The molecule has 0 unspecified atom stereocenters. The molecule has 0 radical (unpaired) electrons. The van der Waals surface area contributed by atoms with E-state index in [4.69, 9.17) is 0 Å². The molecule has 1 aromatic carbocycles. The number of nitrogens with one attached hydrogen (secondary N) is 1. The first kappa shape index (κ1) is 13.4. The number of aromatic nitrogens is 2. The SMILES string of the molecule is CCN1CCC(Cn2c(=O)[nH]c3cc(C)ccc32)CC1. The molecule has 0 spiro atoms. The van der Waals surface area contributed by atoms with Crippen LogP contribution in [0.1, 0.15) is 25.3 Å². The maximum atomic E-state index is 12.1. The summed E-state index contributed by atoms with van der Waals surface area (Å²) in [4.78, 5) is 17.6. The fourth-order valence-corrected chi connectivity index (χ4v) is 3.20. The fraction of sp³-hybridized carbons (Fsp3) is 0.562. The molecular formula is C16H23N3O. The van der Waals surface area contributed by atoms with Crippen LogP contribution in [-0.4, -0.2) is 34.1 Å². The average molecular weight is 273 g/mol. The van der Waals surface area contributed by atoms with Gasteiger partial charge in [-0.3, -0.25) is 4.57 Å². The van der Waals surface area contributed by atoms with Gasteiger partial charge in [0.05, 0.1) is 11.0 Å². The Kier molecular flexibility index (Phi) is 3.66. The summed E-state index contributed by atoms with van der Waals surface area (Å²) in [7, 11) is 0. The van der Waals surface area contributed by atoms with E-state index in [1.165, 1.54) is 18.4 Å². The van der Waals surface area contributed by atoms with Gasteiger partial charge in [0.25, 0.3) is 0 Å². The number of rotatable bonds is 3. The van der Waals surface area contributed by atoms with Crippen LogP contribution in [0.15, 0.2) is 23.0 Å². The first-order valence-corrected chi connectivity index (χ1v) is 7.59. The van der Waals surface area contributed by atoms with Crippen LogP contribution >= 0.6 is 0 Å². The van der Waals surface area contributed by atoms with Gasteiger partial charge in [-0.25, -0.2) is 4.79 Å². The molecule has 4 heteroatoms. The zero-order chi connectivity index (χ0) is 14.1. The Morgan fingerprint density at radius 3 is 2.75 bits per heavy atom. The quantitative estimate of drug-likeness (QED) is 0.932. The first-order chi connectivity index (χ1) is 9.67. The molecule has 1 N–H and O–H groups in total. The van der Waals surface area contributed by atoms with Crippen LogP contribution in [0.25, 0.3) is 11.0 Å². The predicted molar refractivity (Wildman–Crippen MR) is 82.1 cm³/mol. The van der Waals surface area contributed by atoms with Gasteiger partial charge in [0.2, 0.25) is 0 Å². The van der Waals surface area contributed by atoms with E-state index in [1.54, 1.807) is 0 Å². The Bertz CT molecular complexity index is 647. The zero-order valence-corrected chi connectivity index (χ0v) is 12.4. The molecule has 0 aliphatic carbocycles. The molecule has 1 aliphatic heterocycles. The molecule has 0 amide bonds. The topological polar surface area (TPSA) is 41.0 Å². The standard InChI is InChI=1S/C16H23N3O/c1-3-18-8-6-13(7-9-18)11-19-15-5-4-12(2)10-14(15)17-16(19)20/h4-5,10,13H,3,6-9,11H2,1-2H3,(H,17,20). The molecule has 1 aromatic heterocycles. The molecule has 1 aliphatic rings. The lowest BCUT2D eigenvalue weighted by Gasteiger charge is -2.31. The summed E-state index contributed by atoms with van der Waals surface area (Å²) in [6.07, 6.45) is 2.39. The van der Waals surface area contributed by atoms with Crippen molar-refractivity contribution in [3.05, 3.63) is 34.2 Å². The highest BCUT2D eigenvalue weighted by Crippen LogP contribution is 2.20. The maximum Gasteiger partial charge on any atom is 0.326 e. The minimum atomic E-state index is 0.0310. The van der Waals surface area contributed by atoms with Gasteiger partial charge < -0.3 is 9.88 Å². The number of nitrogens with zero attached hydrogens (tertiary/aromatic N) is 2. The van der Waals surface area contributed by atoms with Crippen LogP contribution in [-0.2, 0) is 6.54 Å². The van der Waals surface area contributed by atoms with E-state index in [0.29, 0.717) is 5.92 Å².